The van der Waals surface area contributed by atoms with Crippen molar-refractivity contribution in [1.29, 1.82) is 0 Å². The Hall–Kier alpha value is -1.18. The van der Waals surface area contributed by atoms with Crippen molar-refractivity contribution < 1.29 is 13.5 Å². The standard InChI is InChI=1S/C13H23N3O3S/c1-4-14-12-7-5-8-15-13(12)20(18,19)16(11(2)3)9-6-10-17/h5,7-8,11,14,17H,4,6,9-10H2,1-3H3. The van der Waals surface area contributed by atoms with Gasteiger partial charge in [0.25, 0.3) is 10.0 Å². The minimum Gasteiger partial charge on any atom is -0.396 e. The Kier molecular flexibility index (Phi) is 6.38. The number of hydrogen-bond acceptors (Lipinski definition) is 5. The van der Waals surface area contributed by atoms with Gasteiger partial charge in [-0.2, -0.15) is 4.31 Å². The lowest BCUT2D eigenvalue weighted by molar-refractivity contribution is 0.258. The van der Waals surface area contributed by atoms with Crippen LogP contribution in [0.15, 0.2) is 23.4 Å². The average molecular weight is 301 g/mol. The zero-order valence-corrected chi connectivity index (χ0v) is 13.0. The summed E-state index contributed by atoms with van der Waals surface area (Å²) in [7, 11) is -3.68. The molecule has 0 radical (unpaired) electrons. The summed E-state index contributed by atoms with van der Waals surface area (Å²) < 4.78 is 26.8. The van der Waals surface area contributed by atoms with E-state index >= 15 is 0 Å². The second-order valence-corrected chi connectivity index (χ2v) is 6.48. The quantitative estimate of drug-likeness (QED) is 0.756. The summed E-state index contributed by atoms with van der Waals surface area (Å²) in [4.78, 5) is 4.03. The lowest BCUT2D eigenvalue weighted by Crippen LogP contribution is -2.38. The van der Waals surface area contributed by atoms with Crippen molar-refractivity contribution in [1.82, 2.24) is 9.29 Å². The van der Waals surface area contributed by atoms with E-state index in [4.69, 9.17) is 5.11 Å². The maximum Gasteiger partial charge on any atom is 0.262 e. The largest absolute Gasteiger partial charge is 0.396 e. The molecular weight excluding hydrogens is 278 g/mol. The van der Waals surface area contributed by atoms with E-state index in [0.29, 0.717) is 18.7 Å². The lowest BCUT2D eigenvalue weighted by atomic mass is 10.3. The minimum absolute atomic E-state index is 0.0356. The fourth-order valence-electron chi connectivity index (χ4n) is 1.91. The number of aliphatic hydroxyl groups is 1. The van der Waals surface area contributed by atoms with Gasteiger partial charge in [0.1, 0.15) is 0 Å². The molecule has 2 N–H and O–H groups in total. The monoisotopic (exact) mass is 301 g/mol. The van der Waals surface area contributed by atoms with Crippen molar-refractivity contribution >= 4 is 15.7 Å². The molecule has 0 aliphatic heterocycles. The highest BCUT2D eigenvalue weighted by molar-refractivity contribution is 7.89. The first-order chi connectivity index (χ1) is 9.45. The number of sulfonamides is 1. The van der Waals surface area contributed by atoms with Crippen LogP contribution in [0.3, 0.4) is 0 Å². The molecule has 0 bridgehead atoms. The summed E-state index contributed by atoms with van der Waals surface area (Å²) in [5.41, 5.74) is 0.504. The van der Waals surface area contributed by atoms with Crippen LogP contribution < -0.4 is 5.32 Å². The predicted molar refractivity (Wildman–Crippen MR) is 79.1 cm³/mol. The van der Waals surface area contributed by atoms with Gasteiger partial charge in [-0.15, -0.1) is 0 Å². The summed E-state index contributed by atoms with van der Waals surface area (Å²) in [6, 6.07) is 3.21. The van der Waals surface area contributed by atoms with Crippen molar-refractivity contribution in [2.75, 3.05) is 25.0 Å². The van der Waals surface area contributed by atoms with E-state index in [9.17, 15) is 8.42 Å². The number of aromatic nitrogens is 1. The molecule has 7 heteroatoms. The normalized spacial score (nSPS) is 12.1. The van der Waals surface area contributed by atoms with Gasteiger partial charge in [-0.3, -0.25) is 0 Å². The first-order valence-electron chi connectivity index (χ1n) is 6.76. The maximum absolute atomic E-state index is 12.7. The number of rotatable bonds is 8. The number of anilines is 1. The van der Waals surface area contributed by atoms with Crippen molar-refractivity contribution in [3.8, 4) is 0 Å². The summed E-state index contributed by atoms with van der Waals surface area (Å²) >= 11 is 0. The van der Waals surface area contributed by atoms with E-state index in [1.165, 1.54) is 10.5 Å². The highest BCUT2D eigenvalue weighted by Crippen LogP contribution is 2.23. The van der Waals surface area contributed by atoms with E-state index in [2.05, 4.69) is 10.3 Å². The van der Waals surface area contributed by atoms with Crippen LogP contribution in [-0.4, -0.2) is 48.6 Å². The molecule has 0 unspecified atom stereocenters. The lowest BCUT2D eigenvalue weighted by Gasteiger charge is -2.26. The molecule has 0 fully saturated rings. The van der Waals surface area contributed by atoms with Gasteiger partial charge in [0.2, 0.25) is 0 Å². The number of hydrogen-bond donors (Lipinski definition) is 2. The summed E-state index contributed by atoms with van der Waals surface area (Å²) in [6.45, 7) is 6.37. The Morgan fingerprint density at radius 3 is 2.70 bits per heavy atom. The smallest absolute Gasteiger partial charge is 0.262 e. The van der Waals surface area contributed by atoms with Gasteiger partial charge in [-0.25, -0.2) is 13.4 Å². The summed E-state index contributed by atoms with van der Waals surface area (Å²) in [5, 5.41) is 12.0. The Bertz CT molecular complexity index is 517. The molecule has 114 valence electrons. The molecule has 0 aromatic carbocycles. The number of pyridine rings is 1. The number of aliphatic hydroxyl groups excluding tert-OH is 1. The van der Waals surface area contributed by atoms with Crippen LogP contribution >= 0.6 is 0 Å². The number of nitrogens with one attached hydrogen (secondary N) is 1. The van der Waals surface area contributed by atoms with Crippen LogP contribution in [0.2, 0.25) is 0 Å². The Morgan fingerprint density at radius 1 is 1.45 bits per heavy atom. The van der Waals surface area contributed by atoms with E-state index < -0.39 is 10.0 Å². The topological polar surface area (TPSA) is 82.5 Å². The van der Waals surface area contributed by atoms with E-state index in [-0.39, 0.29) is 24.2 Å². The highest BCUT2D eigenvalue weighted by Gasteiger charge is 2.29. The molecule has 1 aromatic rings. The zero-order valence-electron chi connectivity index (χ0n) is 12.2. The first-order valence-corrected chi connectivity index (χ1v) is 8.20. The maximum atomic E-state index is 12.7. The Labute approximate surface area is 120 Å². The van der Waals surface area contributed by atoms with Crippen molar-refractivity contribution in [2.45, 2.75) is 38.3 Å². The third-order valence-electron chi connectivity index (χ3n) is 2.80. The fraction of sp³-hybridized carbons (Fsp3) is 0.615. The molecule has 20 heavy (non-hydrogen) atoms. The van der Waals surface area contributed by atoms with Gasteiger partial charge in [0, 0.05) is 31.9 Å². The van der Waals surface area contributed by atoms with Gasteiger partial charge < -0.3 is 10.4 Å². The number of nitrogens with zero attached hydrogens (tertiary/aromatic N) is 2. The average Bonchev–Trinajstić information content (AvgIpc) is 2.39. The predicted octanol–water partition coefficient (Wildman–Crippen LogP) is 1.29. The van der Waals surface area contributed by atoms with Gasteiger partial charge in [0.05, 0.1) is 5.69 Å². The summed E-state index contributed by atoms with van der Waals surface area (Å²) in [5.74, 6) is 0. The van der Waals surface area contributed by atoms with Gasteiger partial charge in [-0.1, -0.05) is 0 Å². The van der Waals surface area contributed by atoms with Gasteiger partial charge in [0.15, 0.2) is 5.03 Å². The third kappa shape index (κ3) is 3.91. The highest BCUT2D eigenvalue weighted by atomic mass is 32.2. The Morgan fingerprint density at radius 2 is 2.15 bits per heavy atom. The molecule has 0 atom stereocenters. The minimum atomic E-state index is -3.68. The first kappa shape index (κ1) is 16.9. The Balaban J connectivity index is 3.19. The van der Waals surface area contributed by atoms with Crippen LogP contribution in [0.5, 0.6) is 0 Å². The third-order valence-corrected chi connectivity index (χ3v) is 4.84. The van der Waals surface area contributed by atoms with Crippen LogP contribution in [-0.2, 0) is 10.0 Å². The molecule has 0 aliphatic carbocycles. The van der Waals surface area contributed by atoms with Gasteiger partial charge >= 0.3 is 0 Å². The van der Waals surface area contributed by atoms with Crippen molar-refractivity contribution in [3.63, 3.8) is 0 Å². The molecular formula is C13H23N3O3S. The molecule has 0 amide bonds. The van der Waals surface area contributed by atoms with Crippen molar-refractivity contribution in [2.24, 2.45) is 0 Å². The molecule has 1 heterocycles. The molecule has 0 aliphatic rings. The fourth-order valence-corrected chi connectivity index (χ4v) is 3.67. The van der Waals surface area contributed by atoms with Gasteiger partial charge in [-0.05, 0) is 39.3 Å². The van der Waals surface area contributed by atoms with E-state index in [1.807, 2.05) is 20.8 Å². The van der Waals surface area contributed by atoms with Crippen LogP contribution in [0, 0.1) is 0 Å². The zero-order chi connectivity index (χ0) is 15.2. The molecule has 0 saturated carbocycles. The molecule has 6 nitrogen and oxygen atoms in total. The van der Waals surface area contributed by atoms with Crippen molar-refractivity contribution in [3.05, 3.63) is 18.3 Å². The van der Waals surface area contributed by atoms with Crippen LogP contribution in [0.4, 0.5) is 5.69 Å². The molecule has 1 aromatic heterocycles. The van der Waals surface area contributed by atoms with E-state index in [0.717, 1.165) is 0 Å². The summed E-state index contributed by atoms with van der Waals surface area (Å²) in [6.07, 6.45) is 1.87. The second kappa shape index (κ2) is 7.56. The second-order valence-electron chi connectivity index (χ2n) is 4.67. The van der Waals surface area contributed by atoms with Crippen LogP contribution in [0.1, 0.15) is 27.2 Å². The molecule has 0 saturated heterocycles. The SMILES string of the molecule is CCNc1cccnc1S(=O)(=O)N(CCCO)C(C)C. The molecule has 1 rings (SSSR count). The molecule has 0 spiro atoms. The van der Waals surface area contributed by atoms with Crippen LogP contribution in [0.25, 0.3) is 0 Å². The van der Waals surface area contributed by atoms with E-state index in [1.54, 1.807) is 12.1 Å².